The molecule has 8 nitrogen and oxygen atoms in total. The van der Waals surface area contributed by atoms with Crippen LogP contribution in [0.15, 0.2) is 48.2 Å². The van der Waals surface area contributed by atoms with E-state index in [1.54, 1.807) is 11.8 Å². The average Bonchev–Trinajstić information content (AvgIpc) is 3.17. The van der Waals surface area contributed by atoms with Crippen LogP contribution in [0.1, 0.15) is 24.1 Å². The summed E-state index contributed by atoms with van der Waals surface area (Å²) in [5.74, 6) is -0.863. The molecule has 1 saturated heterocycles. The van der Waals surface area contributed by atoms with E-state index in [0.717, 1.165) is 6.07 Å². The van der Waals surface area contributed by atoms with Gasteiger partial charge in [-0.1, -0.05) is 24.3 Å². The lowest BCUT2D eigenvalue weighted by atomic mass is 9.91. The highest BCUT2D eigenvalue weighted by atomic mass is 19.4. The van der Waals surface area contributed by atoms with E-state index in [1.165, 1.54) is 34.1 Å². The number of nitrogens with one attached hydrogen (secondary N) is 1. The van der Waals surface area contributed by atoms with Crippen LogP contribution in [0.25, 0.3) is 0 Å². The van der Waals surface area contributed by atoms with Crippen molar-refractivity contribution in [3.63, 3.8) is 0 Å². The van der Waals surface area contributed by atoms with Gasteiger partial charge in [-0.3, -0.25) is 14.5 Å². The van der Waals surface area contributed by atoms with Gasteiger partial charge in [0.1, 0.15) is 6.04 Å². The molecule has 34 heavy (non-hydrogen) atoms. The van der Waals surface area contributed by atoms with E-state index in [9.17, 15) is 27.6 Å². The number of halogens is 3. The molecule has 2 atom stereocenters. The monoisotopic (exact) mass is 478 g/mol. The number of ether oxygens (including phenoxy) is 1. The highest BCUT2D eigenvalue weighted by Gasteiger charge is 2.48. The Morgan fingerprint density at radius 1 is 1.26 bits per heavy atom. The molecule has 0 spiro atoms. The predicted molar refractivity (Wildman–Crippen MR) is 115 cm³/mol. The summed E-state index contributed by atoms with van der Waals surface area (Å²) in [6.07, 6.45) is -3.22. The topological polar surface area (TPSA) is 82.2 Å². The minimum atomic E-state index is -4.68. The van der Waals surface area contributed by atoms with Crippen molar-refractivity contribution in [2.75, 3.05) is 39.4 Å². The molecule has 3 aliphatic rings. The van der Waals surface area contributed by atoms with Gasteiger partial charge in [0.25, 0.3) is 5.91 Å². The number of carbonyl (C=O) groups excluding carboxylic acids is 3. The molecule has 0 saturated carbocycles. The van der Waals surface area contributed by atoms with Crippen molar-refractivity contribution in [1.29, 1.82) is 0 Å². The summed E-state index contributed by atoms with van der Waals surface area (Å²) in [6.45, 7) is 6.76. The second kappa shape index (κ2) is 9.13. The van der Waals surface area contributed by atoms with Crippen LogP contribution < -0.4 is 5.32 Å². The third-order valence-corrected chi connectivity index (χ3v) is 6.29. The molecule has 0 aliphatic carbocycles. The van der Waals surface area contributed by atoms with E-state index in [4.69, 9.17) is 4.74 Å². The van der Waals surface area contributed by atoms with E-state index in [-0.39, 0.29) is 35.8 Å². The number of hydrogen-bond donors (Lipinski definition) is 1. The number of alkyl halides is 3. The SMILES string of the molecule is C=CCN1C(=O)N[C@H](c2ccccc2C(F)(F)F)C2=C1CN([C@@H](C)C(=O)N1CCOCC1)C2=O. The fourth-order valence-corrected chi connectivity index (χ4v) is 4.57. The molecule has 0 aromatic heterocycles. The molecule has 1 fully saturated rings. The fraction of sp³-hybridized carbons (Fsp3) is 0.435. The molecule has 0 radical (unpaired) electrons. The average molecular weight is 478 g/mol. The molecule has 3 heterocycles. The van der Waals surface area contributed by atoms with Gasteiger partial charge in [0.05, 0.1) is 42.6 Å². The number of benzene rings is 1. The van der Waals surface area contributed by atoms with Gasteiger partial charge in [0.15, 0.2) is 0 Å². The van der Waals surface area contributed by atoms with Gasteiger partial charge in [0.2, 0.25) is 5.91 Å². The Morgan fingerprint density at radius 3 is 2.59 bits per heavy atom. The lowest BCUT2D eigenvalue weighted by molar-refractivity contribution is -0.145. The van der Waals surface area contributed by atoms with Gasteiger partial charge in [0, 0.05) is 19.6 Å². The first kappa shape index (κ1) is 23.8. The van der Waals surface area contributed by atoms with Crippen LogP contribution in [-0.2, 0) is 20.5 Å². The lowest BCUT2D eigenvalue weighted by Crippen LogP contribution is -2.51. The molecular formula is C23H25F3N4O4. The number of carbonyl (C=O) groups is 3. The Hall–Kier alpha value is -3.34. The van der Waals surface area contributed by atoms with Crippen molar-refractivity contribution in [2.24, 2.45) is 0 Å². The van der Waals surface area contributed by atoms with Crippen molar-refractivity contribution in [3.05, 3.63) is 59.3 Å². The zero-order valence-electron chi connectivity index (χ0n) is 18.6. The Bertz CT molecular complexity index is 1050. The van der Waals surface area contributed by atoms with Gasteiger partial charge in [-0.25, -0.2) is 4.79 Å². The summed E-state index contributed by atoms with van der Waals surface area (Å²) >= 11 is 0. The minimum Gasteiger partial charge on any atom is -0.378 e. The van der Waals surface area contributed by atoms with Crippen molar-refractivity contribution in [1.82, 2.24) is 20.0 Å². The standard InChI is InChI=1S/C23H25F3N4O4/c1-3-8-29-17-13-30(14(2)20(31)28-9-11-34-12-10-28)21(32)18(17)19(27-22(29)33)15-6-4-5-7-16(15)23(24,25)26/h3-7,14,19H,1,8-13H2,2H3,(H,27,33)/t14-,19+/m0/s1. The molecule has 1 aromatic rings. The van der Waals surface area contributed by atoms with Crippen molar-refractivity contribution in [3.8, 4) is 0 Å². The number of morpholine rings is 1. The van der Waals surface area contributed by atoms with Crippen LogP contribution >= 0.6 is 0 Å². The Kier molecular flexibility index (Phi) is 6.39. The molecule has 4 amide bonds. The number of nitrogens with zero attached hydrogens (tertiary/aromatic N) is 3. The van der Waals surface area contributed by atoms with Crippen LogP contribution in [0, 0.1) is 0 Å². The van der Waals surface area contributed by atoms with Gasteiger partial charge >= 0.3 is 12.2 Å². The van der Waals surface area contributed by atoms with Crippen LogP contribution in [0.3, 0.4) is 0 Å². The normalized spacial score (nSPS) is 22.0. The molecule has 0 unspecified atom stereocenters. The van der Waals surface area contributed by atoms with Crippen molar-refractivity contribution >= 4 is 17.8 Å². The largest absolute Gasteiger partial charge is 0.416 e. The number of amides is 4. The molecule has 3 aliphatic heterocycles. The van der Waals surface area contributed by atoms with Crippen LogP contribution in [-0.4, -0.2) is 78.0 Å². The zero-order chi connectivity index (χ0) is 24.6. The first-order chi connectivity index (χ1) is 16.1. The molecule has 11 heteroatoms. The highest BCUT2D eigenvalue weighted by Crippen LogP contribution is 2.42. The van der Waals surface area contributed by atoms with E-state index in [1.807, 2.05) is 0 Å². The van der Waals surface area contributed by atoms with Crippen LogP contribution in [0.4, 0.5) is 18.0 Å². The van der Waals surface area contributed by atoms with Crippen LogP contribution in [0.5, 0.6) is 0 Å². The molecule has 1 aromatic carbocycles. The minimum absolute atomic E-state index is 0.0276. The smallest absolute Gasteiger partial charge is 0.378 e. The second-order valence-corrected chi connectivity index (χ2v) is 8.27. The fourth-order valence-electron chi connectivity index (χ4n) is 4.57. The summed E-state index contributed by atoms with van der Waals surface area (Å²) in [6, 6.07) is 2.04. The lowest BCUT2D eigenvalue weighted by Gasteiger charge is -2.33. The Morgan fingerprint density at radius 2 is 1.94 bits per heavy atom. The van der Waals surface area contributed by atoms with Gasteiger partial charge in [-0.15, -0.1) is 6.58 Å². The number of urea groups is 1. The first-order valence-electron chi connectivity index (χ1n) is 10.9. The molecule has 182 valence electrons. The van der Waals surface area contributed by atoms with Gasteiger partial charge in [-0.2, -0.15) is 13.2 Å². The maximum absolute atomic E-state index is 13.7. The summed E-state index contributed by atoms with van der Waals surface area (Å²) < 4.78 is 46.5. The molecular weight excluding hydrogens is 453 g/mol. The van der Waals surface area contributed by atoms with E-state index < -0.39 is 35.8 Å². The van der Waals surface area contributed by atoms with Crippen molar-refractivity contribution < 1.29 is 32.3 Å². The zero-order valence-corrected chi connectivity index (χ0v) is 18.6. The first-order valence-corrected chi connectivity index (χ1v) is 10.9. The summed E-state index contributed by atoms with van der Waals surface area (Å²) in [4.78, 5) is 43.6. The molecule has 1 N–H and O–H groups in total. The maximum Gasteiger partial charge on any atom is 0.416 e. The van der Waals surface area contributed by atoms with E-state index in [2.05, 4.69) is 11.9 Å². The summed E-state index contributed by atoms with van der Waals surface area (Å²) in [5.41, 5.74) is -0.860. The summed E-state index contributed by atoms with van der Waals surface area (Å²) in [5, 5.41) is 2.56. The Labute approximate surface area is 194 Å². The number of rotatable bonds is 5. The van der Waals surface area contributed by atoms with Crippen molar-refractivity contribution in [2.45, 2.75) is 25.2 Å². The van der Waals surface area contributed by atoms with Gasteiger partial charge < -0.3 is 19.9 Å². The van der Waals surface area contributed by atoms with E-state index in [0.29, 0.717) is 26.3 Å². The third-order valence-electron chi connectivity index (χ3n) is 6.29. The van der Waals surface area contributed by atoms with E-state index >= 15 is 0 Å². The predicted octanol–water partition coefficient (Wildman–Crippen LogP) is 2.30. The second-order valence-electron chi connectivity index (χ2n) is 8.27. The van der Waals surface area contributed by atoms with Crippen LogP contribution in [0.2, 0.25) is 0 Å². The summed E-state index contributed by atoms with van der Waals surface area (Å²) in [7, 11) is 0. The molecule has 0 bridgehead atoms. The Balaban J connectivity index is 1.72. The van der Waals surface area contributed by atoms with Gasteiger partial charge in [-0.05, 0) is 18.6 Å². The molecule has 4 rings (SSSR count). The highest BCUT2D eigenvalue weighted by molar-refractivity contribution is 6.03. The quantitative estimate of drug-likeness (QED) is 0.659. The number of hydrogen-bond acceptors (Lipinski definition) is 4. The maximum atomic E-state index is 13.7. The third kappa shape index (κ3) is 4.15.